The molecule has 1 aliphatic rings. The molecule has 7 heteroatoms. The summed E-state index contributed by atoms with van der Waals surface area (Å²) < 4.78 is 19.6. The standard InChI is InChI=1S/C21H19FN2O3S/c22-17-7-4-8-18-16(17)13-19(28-18)21(26)27-14-20(25)24-11-9-23(10-12-24)15-5-2-1-3-6-15/h1-8,13H,9-12,14H2. The number of rotatable bonds is 4. The van der Waals surface area contributed by atoms with Gasteiger partial charge in [-0.3, -0.25) is 4.79 Å². The fourth-order valence-electron chi connectivity index (χ4n) is 3.27. The van der Waals surface area contributed by atoms with Crippen LogP contribution in [0.15, 0.2) is 54.6 Å². The fourth-order valence-corrected chi connectivity index (χ4v) is 4.24. The molecule has 3 aromatic rings. The van der Waals surface area contributed by atoms with Gasteiger partial charge in [0.2, 0.25) is 0 Å². The molecule has 2 heterocycles. The van der Waals surface area contributed by atoms with E-state index in [-0.39, 0.29) is 18.3 Å². The van der Waals surface area contributed by atoms with Gasteiger partial charge in [-0.15, -0.1) is 11.3 Å². The van der Waals surface area contributed by atoms with Crippen LogP contribution >= 0.6 is 11.3 Å². The van der Waals surface area contributed by atoms with Crippen molar-refractivity contribution in [2.24, 2.45) is 0 Å². The second-order valence-electron chi connectivity index (χ2n) is 6.54. The first-order valence-electron chi connectivity index (χ1n) is 9.05. The molecular formula is C21H19FN2O3S. The Bertz CT molecular complexity index is 997. The molecule has 4 rings (SSSR count). The fraction of sp³-hybridized carbons (Fsp3) is 0.238. The Morgan fingerprint density at radius 3 is 2.46 bits per heavy atom. The van der Waals surface area contributed by atoms with Crippen LogP contribution in [-0.4, -0.2) is 49.6 Å². The highest BCUT2D eigenvalue weighted by Gasteiger charge is 2.23. The summed E-state index contributed by atoms with van der Waals surface area (Å²) >= 11 is 1.16. The maximum Gasteiger partial charge on any atom is 0.348 e. The first-order valence-corrected chi connectivity index (χ1v) is 9.86. The van der Waals surface area contributed by atoms with Crippen LogP contribution in [0.2, 0.25) is 0 Å². The van der Waals surface area contributed by atoms with Crippen molar-refractivity contribution >= 4 is 39.0 Å². The number of thiophene rings is 1. The predicted octanol–water partition coefficient (Wildman–Crippen LogP) is 3.55. The van der Waals surface area contributed by atoms with Crippen LogP contribution in [0.25, 0.3) is 10.1 Å². The van der Waals surface area contributed by atoms with Gasteiger partial charge in [0.25, 0.3) is 5.91 Å². The normalized spacial score (nSPS) is 14.3. The van der Waals surface area contributed by atoms with Crippen LogP contribution < -0.4 is 4.90 Å². The molecule has 0 unspecified atom stereocenters. The predicted molar refractivity (Wildman–Crippen MR) is 107 cm³/mol. The average molecular weight is 398 g/mol. The van der Waals surface area contributed by atoms with E-state index in [0.717, 1.165) is 30.1 Å². The Hall–Kier alpha value is -2.93. The number of carbonyl (C=O) groups is 2. The topological polar surface area (TPSA) is 49.9 Å². The number of anilines is 1. The molecule has 1 aliphatic heterocycles. The minimum absolute atomic E-state index is 0.214. The van der Waals surface area contributed by atoms with Crippen LogP contribution in [0.4, 0.5) is 10.1 Å². The van der Waals surface area contributed by atoms with Crippen molar-refractivity contribution < 1.29 is 18.7 Å². The maximum absolute atomic E-state index is 13.8. The van der Waals surface area contributed by atoms with Crippen molar-refractivity contribution in [3.8, 4) is 0 Å². The van der Waals surface area contributed by atoms with Crippen molar-refractivity contribution in [3.63, 3.8) is 0 Å². The number of esters is 1. The minimum Gasteiger partial charge on any atom is -0.451 e. The Labute approximate surface area is 165 Å². The molecule has 1 aromatic heterocycles. The number of ether oxygens (including phenoxy) is 1. The second kappa shape index (κ2) is 7.98. The second-order valence-corrected chi connectivity index (χ2v) is 7.63. The van der Waals surface area contributed by atoms with Crippen LogP contribution in [0.5, 0.6) is 0 Å². The van der Waals surface area contributed by atoms with Gasteiger partial charge in [-0.25, -0.2) is 9.18 Å². The molecule has 0 radical (unpaired) electrons. The van der Waals surface area contributed by atoms with E-state index in [9.17, 15) is 14.0 Å². The molecule has 0 atom stereocenters. The van der Waals surface area contributed by atoms with Crippen molar-refractivity contribution in [1.29, 1.82) is 0 Å². The SMILES string of the molecule is O=C(OCC(=O)N1CCN(c2ccccc2)CC1)c1cc2c(F)cccc2s1. The number of benzene rings is 2. The Morgan fingerprint density at radius 1 is 1.00 bits per heavy atom. The summed E-state index contributed by atoms with van der Waals surface area (Å²) in [5.41, 5.74) is 1.14. The van der Waals surface area contributed by atoms with Crippen molar-refractivity contribution in [2.45, 2.75) is 0 Å². The third-order valence-corrected chi connectivity index (χ3v) is 5.87. The number of carbonyl (C=O) groups excluding carboxylic acids is 2. The summed E-state index contributed by atoms with van der Waals surface area (Å²) in [6, 6.07) is 16.2. The molecule has 28 heavy (non-hydrogen) atoms. The van der Waals surface area contributed by atoms with E-state index < -0.39 is 5.97 Å². The summed E-state index contributed by atoms with van der Waals surface area (Å²) in [6.45, 7) is 2.33. The van der Waals surface area contributed by atoms with Gasteiger partial charge in [-0.1, -0.05) is 24.3 Å². The maximum atomic E-state index is 13.8. The Kier molecular flexibility index (Phi) is 5.25. The summed E-state index contributed by atoms with van der Waals surface area (Å²) in [5.74, 6) is -1.19. The zero-order chi connectivity index (χ0) is 19.5. The zero-order valence-electron chi connectivity index (χ0n) is 15.1. The number of para-hydroxylation sites is 1. The van der Waals surface area contributed by atoms with Crippen LogP contribution in [-0.2, 0) is 9.53 Å². The van der Waals surface area contributed by atoms with Crippen molar-refractivity contribution in [1.82, 2.24) is 4.90 Å². The molecule has 1 saturated heterocycles. The van der Waals surface area contributed by atoms with E-state index >= 15 is 0 Å². The lowest BCUT2D eigenvalue weighted by atomic mass is 10.2. The van der Waals surface area contributed by atoms with Crippen LogP contribution in [0.1, 0.15) is 9.67 Å². The quantitative estimate of drug-likeness (QED) is 0.631. The molecule has 5 nitrogen and oxygen atoms in total. The third kappa shape index (κ3) is 3.84. The molecule has 0 saturated carbocycles. The number of hydrogen-bond donors (Lipinski definition) is 0. The number of fused-ring (bicyclic) bond motifs is 1. The smallest absolute Gasteiger partial charge is 0.348 e. The van der Waals surface area contributed by atoms with E-state index in [4.69, 9.17) is 4.74 Å². The molecule has 0 aliphatic carbocycles. The summed E-state index contributed by atoms with van der Waals surface area (Å²) in [6.07, 6.45) is 0. The van der Waals surface area contributed by atoms with E-state index in [1.54, 1.807) is 17.0 Å². The molecule has 0 spiro atoms. The first-order chi connectivity index (χ1) is 13.6. The Balaban J connectivity index is 1.30. The summed E-state index contributed by atoms with van der Waals surface area (Å²) in [7, 11) is 0. The summed E-state index contributed by atoms with van der Waals surface area (Å²) in [5, 5.41) is 0.391. The number of amides is 1. The zero-order valence-corrected chi connectivity index (χ0v) is 16.0. The molecule has 0 N–H and O–H groups in total. The van der Waals surface area contributed by atoms with Gasteiger partial charge in [0.1, 0.15) is 10.7 Å². The van der Waals surface area contributed by atoms with Gasteiger partial charge in [-0.05, 0) is 30.3 Å². The molecule has 1 amide bonds. The number of hydrogen-bond acceptors (Lipinski definition) is 5. The van der Waals surface area contributed by atoms with Gasteiger partial charge < -0.3 is 14.5 Å². The highest BCUT2D eigenvalue weighted by molar-refractivity contribution is 7.20. The first kappa shape index (κ1) is 18.4. The lowest BCUT2D eigenvalue weighted by Gasteiger charge is -2.36. The monoisotopic (exact) mass is 398 g/mol. The molecule has 0 bridgehead atoms. The summed E-state index contributed by atoms with van der Waals surface area (Å²) in [4.78, 5) is 28.8. The van der Waals surface area contributed by atoms with Gasteiger partial charge in [0, 0.05) is 42.0 Å². The van der Waals surface area contributed by atoms with E-state index in [1.165, 1.54) is 12.1 Å². The number of halogens is 1. The van der Waals surface area contributed by atoms with Crippen LogP contribution in [0, 0.1) is 5.82 Å². The molecular weight excluding hydrogens is 379 g/mol. The Morgan fingerprint density at radius 2 is 1.75 bits per heavy atom. The van der Waals surface area contributed by atoms with Crippen molar-refractivity contribution in [2.75, 3.05) is 37.7 Å². The van der Waals surface area contributed by atoms with E-state index in [2.05, 4.69) is 4.90 Å². The van der Waals surface area contributed by atoms with Gasteiger partial charge in [0.05, 0.1) is 0 Å². The van der Waals surface area contributed by atoms with Crippen molar-refractivity contribution in [3.05, 3.63) is 65.3 Å². The molecule has 144 valence electrons. The van der Waals surface area contributed by atoms with Gasteiger partial charge >= 0.3 is 5.97 Å². The van der Waals surface area contributed by atoms with Gasteiger partial charge in [0.15, 0.2) is 6.61 Å². The molecule has 1 fully saturated rings. The highest BCUT2D eigenvalue weighted by Crippen LogP contribution is 2.28. The molecule has 2 aromatic carbocycles. The van der Waals surface area contributed by atoms with Crippen LogP contribution in [0.3, 0.4) is 0 Å². The lowest BCUT2D eigenvalue weighted by molar-refractivity contribution is -0.134. The largest absolute Gasteiger partial charge is 0.451 e. The number of nitrogens with zero attached hydrogens (tertiary/aromatic N) is 2. The lowest BCUT2D eigenvalue weighted by Crippen LogP contribution is -2.49. The average Bonchev–Trinajstić information content (AvgIpc) is 3.18. The highest BCUT2D eigenvalue weighted by atomic mass is 32.1. The minimum atomic E-state index is -0.600. The van der Waals surface area contributed by atoms with Gasteiger partial charge in [-0.2, -0.15) is 0 Å². The van der Waals surface area contributed by atoms with E-state index in [1.807, 2.05) is 30.3 Å². The number of piperazine rings is 1. The van der Waals surface area contributed by atoms with E-state index in [0.29, 0.717) is 28.1 Å². The third-order valence-electron chi connectivity index (χ3n) is 4.79.